The fraction of sp³-hybridized carbons (Fsp3) is 0.0588. The number of thioether (sulfide) groups is 1. The van der Waals surface area contributed by atoms with Crippen molar-refractivity contribution in [1.82, 2.24) is 9.88 Å². The molecule has 25 heavy (non-hydrogen) atoms. The zero-order valence-corrected chi connectivity index (χ0v) is 15.4. The number of carbonyl (C=O) groups excluding carboxylic acids is 2. The largest absolute Gasteiger partial charge is 0.300 e. The summed E-state index contributed by atoms with van der Waals surface area (Å²) in [4.78, 5) is 30.2. The summed E-state index contributed by atoms with van der Waals surface area (Å²) >= 11 is 7.72. The van der Waals surface area contributed by atoms with E-state index in [0.717, 1.165) is 5.56 Å². The van der Waals surface area contributed by atoms with Crippen LogP contribution in [0.4, 0.5) is 5.13 Å². The number of nitrogens with one attached hydrogen (secondary N) is 1. The molecule has 8 heteroatoms. The Morgan fingerprint density at radius 1 is 1.32 bits per heavy atom. The average molecular weight is 388 g/mol. The third-order valence-corrected chi connectivity index (χ3v) is 5.27. The highest BCUT2D eigenvalue weighted by Gasteiger charge is 2.33. The average Bonchev–Trinajstić information content (AvgIpc) is 3.20. The number of allylic oxidation sites excluding steroid dienone is 2. The van der Waals surface area contributed by atoms with Crippen LogP contribution in [-0.4, -0.2) is 32.6 Å². The first kappa shape index (κ1) is 17.5. The van der Waals surface area contributed by atoms with Gasteiger partial charge in [0.1, 0.15) is 10.9 Å². The van der Waals surface area contributed by atoms with Crippen LogP contribution in [0.2, 0.25) is 0 Å². The summed E-state index contributed by atoms with van der Waals surface area (Å²) in [5.74, 6) is -0.589. The second-order valence-electron chi connectivity index (χ2n) is 4.95. The molecule has 0 spiro atoms. The van der Waals surface area contributed by atoms with Crippen LogP contribution in [-0.2, 0) is 9.59 Å². The van der Waals surface area contributed by atoms with Crippen molar-refractivity contribution in [1.29, 1.82) is 0 Å². The van der Waals surface area contributed by atoms with Gasteiger partial charge in [-0.15, -0.1) is 11.3 Å². The predicted octanol–water partition coefficient (Wildman–Crippen LogP) is 3.54. The maximum Gasteiger partial charge on any atom is 0.266 e. The monoisotopic (exact) mass is 387 g/mol. The van der Waals surface area contributed by atoms with E-state index < -0.39 is 0 Å². The van der Waals surface area contributed by atoms with Crippen LogP contribution >= 0.6 is 35.3 Å². The second kappa shape index (κ2) is 8.19. The van der Waals surface area contributed by atoms with Gasteiger partial charge in [-0.1, -0.05) is 66.5 Å². The lowest BCUT2D eigenvalue weighted by Crippen LogP contribution is -2.36. The molecule has 1 N–H and O–H groups in total. The lowest BCUT2D eigenvalue weighted by atomic mass is 10.2. The molecule has 1 fully saturated rings. The van der Waals surface area contributed by atoms with Crippen molar-refractivity contribution in [3.63, 3.8) is 0 Å². The summed E-state index contributed by atoms with van der Waals surface area (Å²) in [6, 6.07) is 9.77. The van der Waals surface area contributed by atoms with Crippen molar-refractivity contribution in [2.45, 2.75) is 0 Å². The molecule has 0 bridgehead atoms. The number of rotatable bonds is 5. The predicted molar refractivity (Wildman–Crippen MR) is 106 cm³/mol. The van der Waals surface area contributed by atoms with Crippen molar-refractivity contribution in [2.75, 3.05) is 11.9 Å². The number of hydrogen-bond donors (Lipinski definition) is 1. The normalized spacial score (nSPS) is 16.2. The van der Waals surface area contributed by atoms with Crippen molar-refractivity contribution in [3.8, 4) is 0 Å². The Balaban J connectivity index is 1.62. The van der Waals surface area contributed by atoms with Crippen LogP contribution in [0.25, 0.3) is 6.08 Å². The molecule has 0 unspecified atom stereocenters. The number of thiazole rings is 1. The van der Waals surface area contributed by atoms with E-state index in [1.165, 1.54) is 28.0 Å². The molecule has 0 saturated carbocycles. The van der Waals surface area contributed by atoms with Crippen LogP contribution in [0.15, 0.2) is 59.0 Å². The van der Waals surface area contributed by atoms with Gasteiger partial charge in [0, 0.05) is 11.6 Å². The van der Waals surface area contributed by atoms with Crippen molar-refractivity contribution >= 4 is 62.7 Å². The fourth-order valence-corrected chi connectivity index (χ4v) is 3.80. The summed E-state index contributed by atoms with van der Waals surface area (Å²) in [5, 5.41) is 4.90. The molecule has 1 aromatic heterocycles. The maximum atomic E-state index is 12.4. The van der Waals surface area contributed by atoms with Gasteiger partial charge in [0.05, 0.1) is 4.91 Å². The van der Waals surface area contributed by atoms with Crippen LogP contribution in [0.5, 0.6) is 0 Å². The van der Waals surface area contributed by atoms with Crippen molar-refractivity contribution in [2.24, 2.45) is 0 Å². The van der Waals surface area contributed by atoms with E-state index in [9.17, 15) is 9.59 Å². The van der Waals surface area contributed by atoms with Crippen LogP contribution in [0.3, 0.4) is 0 Å². The molecule has 126 valence electrons. The Hall–Kier alpha value is -2.29. The third kappa shape index (κ3) is 4.62. The van der Waals surface area contributed by atoms with E-state index in [-0.39, 0.29) is 18.4 Å². The van der Waals surface area contributed by atoms with Gasteiger partial charge in [-0.25, -0.2) is 4.98 Å². The number of aromatic nitrogens is 1. The molecule has 0 aliphatic carbocycles. The zero-order chi connectivity index (χ0) is 17.6. The minimum absolute atomic E-state index is 0.121. The SMILES string of the molecule is O=C(CN1C(=O)/C(=C/C=C/c2ccccc2)SC1=S)Nc1nccs1. The maximum absolute atomic E-state index is 12.4. The summed E-state index contributed by atoms with van der Waals surface area (Å²) in [6.07, 6.45) is 7.02. The molecular weight excluding hydrogens is 374 g/mol. The zero-order valence-electron chi connectivity index (χ0n) is 12.9. The summed E-state index contributed by atoms with van der Waals surface area (Å²) < 4.78 is 0.374. The fourth-order valence-electron chi connectivity index (χ4n) is 2.05. The van der Waals surface area contributed by atoms with Gasteiger partial charge < -0.3 is 5.32 Å². The van der Waals surface area contributed by atoms with E-state index in [4.69, 9.17) is 12.2 Å². The summed E-state index contributed by atoms with van der Waals surface area (Å²) in [7, 11) is 0. The molecule has 2 heterocycles. The van der Waals surface area contributed by atoms with Gasteiger partial charge in [-0.05, 0) is 11.6 Å². The third-order valence-electron chi connectivity index (χ3n) is 3.19. The van der Waals surface area contributed by atoms with E-state index >= 15 is 0 Å². The number of nitrogens with zero attached hydrogens (tertiary/aromatic N) is 2. The molecule has 1 saturated heterocycles. The highest BCUT2D eigenvalue weighted by Crippen LogP contribution is 2.30. The number of hydrogen-bond acceptors (Lipinski definition) is 6. The highest BCUT2D eigenvalue weighted by atomic mass is 32.2. The molecule has 1 aliphatic rings. The number of thiocarbonyl (C=S) groups is 1. The molecule has 1 aromatic carbocycles. The van der Waals surface area contributed by atoms with Gasteiger partial charge in [0.25, 0.3) is 5.91 Å². The first-order valence-corrected chi connectivity index (χ1v) is 9.40. The molecule has 0 atom stereocenters. The Morgan fingerprint density at radius 3 is 2.84 bits per heavy atom. The van der Waals surface area contributed by atoms with E-state index in [1.54, 1.807) is 23.7 Å². The molecule has 1 aliphatic heterocycles. The lowest BCUT2D eigenvalue weighted by molar-refractivity contribution is -0.126. The first-order chi connectivity index (χ1) is 12.1. The Labute approximate surface area is 158 Å². The standard InChI is InChI=1S/C17H13N3O2S3/c21-14(19-16-18-9-10-24-16)11-20-15(22)13(25-17(20)23)8-4-7-12-5-2-1-3-6-12/h1-10H,11H2,(H,18,19,21)/b7-4+,13-8-. The molecule has 2 amide bonds. The smallest absolute Gasteiger partial charge is 0.266 e. The van der Waals surface area contributed by atoms with Crippen LogP contribution < -0.4 is 5.32 Å². The van der Waals surface area contributed by atoms with Gasteiger partial charge in [0.2, 0.25) is 5.91 Å². The van der Waals surface area contributed by atoms with Crippen LogP contribution in [0.1, 0.15) is 5.56 Å². The lowest BCUT2D eigenvalue weighted by Gasteiger charge is -2.13. The number of anilines is 1. The number of amides is 2. The van der Waals surface area contributed by atoms with Gasteiger partial charge in [-0.2, -0.15) is 0 Å². The minimum atomic E-state index is -0.327. The first-order valence-electron chi connectivity index (χ1n) is 7.30. The molecular formula is C17H13N3O2S3. The molecule has 2 aromatic rings. The van der Waals surface area contributed by atoms with E-state index in [2.05, 4.69) is 10.3 Å². The topological polar surface area (TPSA) is 62.3 Å². The minimum Gasteiger partial charge on any atom is -0.300 e. The van der Waals surface area contributed by atoms with Gasteiger partial charge >= 0.3 is 0 Å². The van der Waals surface area contributed by atoms with E-state index in [1.807, 2.05) is 36.4 Å². The van der Waals surface area contributed by atoms with E-state index in [0.29, 0.717) is 14.4 Å². The Morgan fingerprint density at radius 2 is 2.12 bits per heavy atom. The molecule has 3 rings (SSSR count). The van der Waals surface area contributed by atoms with Gasteiger partial charge in [-0.3, -0.25) is 14.5 Å². The van der Waals surface area contributed by atoms with Crippen LogP contribution in [0, 0.1) is 0 Å². The van der Waals surface area contributed by atoms with Crippen molar-refractivity contribution < 1.29 is 9.59 Å². The quantitative estimate of drug-likeness (QED) is 0.628. The summed E-state index contributed by atoms with van der Waals surface area (Å²) in [5.41, 5.74) is 1.04. The Bertz CT molecular complexity index is 845. The molecule has 0 radical (unpaired) electrons. The number of carbonyl (C=O) groups is 2. The van der Waals surface area contributed by atoms with Gasteiger partial charge in [0.15, 0.2) is 5.13 Å². The van der Waals surface area contributed by atoms with Crippen molar-refractivity contribution in [3.05, 3.63) is 64.5 Å². The Kier molecular flexibility index (Phi) is 5.75. The second-order valence-corrected chi connectivity index (χ2v) is 7.52. The molecule has 5 nitrogen and oxygen atoms in total. The highest BCUT2D eigenvalue weighted by molar-refractivity contribution is 8.26. The summed E-state index contributed by atoms with van der Waals surface area (Å²) in [6.45, 7) is -0.121. The number of benzene rings is 1.